The molecule has 0 saturated heterocycles. The minimum Gasteiger partial charge on any atom is -0.393 e. The lowest BCUT2D eigenvalue weighted by atomic mass is 10.2. The Bertz CT molecular complexity index is 325. The van der Waals surface area contributed by atoms with Gasteiger partial charge in [-0.15, -0.1) is 11.3 Å². The Hall–Kier alpha value is -0.940. The van der Waals surface area contributed by atoms with Crippen molar-refractivity contribution in [3.05, 3.63) is 16.1 Å². The number of thiazole rings is 1. The Morgan fingerprint density at radius 1 is 1.73 bits per heavy atom. The van der Waals surface area contributed by atoms with Crippen LogP contribution >= 0.6 is 11.3 Å². The van der Waals surface area contributed by atoms with Gasteiger partial charge in [-0.1, -0.05) is 6.92 Å². The number of nitrogens with one attached hydrogen (secondary N) is 1. The third-order valence-corrected chi connectivity index (χ3v) is 3.11. The van der Waals surface area contributed by atoms with E-state index in [0.29, 0.717) is 17.8 Å². The van der Waals surface area contributed by atoms with E-state index >= 15 is 0 Å². The molecule has 1 heterocycles. The van der Waals surface area contributed by atoms with Crippen molar-refractivity contribution in [2.75, 3.05) is 6.54 Å². The van der Waals surface area contributed by atoms with Gasteiger partial charge < -0.3 is 10.4 Å². The number of amides is 1. The second-order valence-corrected chi connectivity index (χ2v) is 4.23. The first-order valence-electron chi connectivity index (χ1n) is 5.01. The van der Waals surface area contributed by atoms with Crippen LogP contribution in [0.3, 0.4) is 0 Å². The van der Waals surface area contributed by atoms with Crippen LogP contribution in [0, 0.1) is 6.92 Å². The number of nitrogens with zero attached hydrogens (tertiary/aromatic N) is 1. The van der Waals surface area contributed by atoms with E-state index in [1.54, 1.807) is 5.51 Å². The van der Waals surface area contributed by atoms with E-state index in [1.807, 2.05) is 13.8 Å². The monoisotopic (exact) mass is 228 g/mol. The first kappa shape index (κ1) is 12.1. The summed E-state index contributed by atoms with van der Waals surface area (Å²) in [6, 6.07) is 0. The van der Waals surface area contributed by atoms with Crippen molar-refractivity contribution in [1.29, 1.82) is 0 Å². The molecule has 1 amide bonds. The highest BCUT2D eigenvalue weighted by atomic mass is 32.1. The van der Waals surface area contributed by atoms with Crippen LogP contribution < -0.4 is 5.32 Å². The van der Waals surface area contributed by atoms with E-state index in [-0.39, 0.29) is 12.0 Å². The molecule has 0 aliphatic carbocycles. The fourth-order valence-electron chi connectivity index (χ4n) is 1.16. The van der Waals surface area contributed by atoms with E-state index in [0.717, 1.165) is 12.1 Å². The van der Waals surface area contributed by atoms with Gasteiger partial charge in [-0.2, -0.15) is 0 Å². The number of aryl methyl sites for hydroxylation is 1. The number of carbonyl (C=O) groups is 1. The smallest absolute Gasteiger partial charge is 0.263 e. The molecular weight excluding hydrogens is 212 g/mol. The van der Waals surface area contributed by atoms with Gasteiger partial charge in [0, 0.05) is 6.54 Å². The summed E-state index contributed by atoms with van der Waals surface area (Å²) in [5, 5.41) is 12.1. The highest BCUT2D eigenvalue weighted by Crippen LogP contribution is 2.11. The maximum atomic E-state index is 11.6. The number of aliphatic hydroxyl groups is 1. The van der Waals surface area contributed by atoms with E-state index in [4.69, 9.17) is 0 Å². The highest BCUT2D eigenvalue weighted by molar-refractivity contribution is 7.11. The lowest BCUT2D eigenvalue weighted by Gasteiger charge is -2.08. The van der Waals surface area contributed by atoms with Gasteiger partial charge in [0.1, 0.15) is 4.88 Å². The molecule has 0 aliphatic heterocycles. The Morgan fingerprint density at radius 2 is 2.47 bits per heavy atom. The van der Waals surface area contributed by atoms with Crippen molar-refractivity contribution in [3.63, 3.8) is 0 Å². The minimum atomic E-state index is -0.326. The summed E-state index contributed by atoms with van der Waals surface area (Å²) in [6.07, 6.45) is 0.989. The largest absolute Gasteiger partial charge is 0.393 e. The molecule has 84 valence electrons. The molecule has 1 unspecified atom stereocenters. The zero-order chi connectivity index (χ0) is 11.3. The fourth-order valence-corrected chi connectivity index (χ4v) is 1.88. The van der Waals surface area contributed by atoms with Gasteiger partial charge in [0.15, 0.2) is 0 Å². The van der Waals surface area contributed by atoms with E-state index < -0.39 is 0 Å². The second-order valence-electron chi connectivity index (χ2n) is 3.37. The Kier molecular flexibility index (Phi) is 4.71. The molecule has 1 aromatic rings. The molecule has 0 spiro atoms. The molecule has 5 heteroatoms. The molecule has 2 N–H and O–H groups in total. The maximum Gasteiger partial charge on any atom is 0.263 e. The van der Waals surface area contributed by atoms with Crippen LogP contribution in [0.15, 0.2) is 5.51 Å². The van der Waals surface area contributed by atoms with Crippen LogP contribution in [0.25, 0.3) is 0 Å². The van der Waals surface area contributed by atoms with E-state index in [1.165, 1.54) is 11.3 Å². The van der Waals surface area contributed by atoms with Crippen molar-refractivity contribution in [2.24, 2.45) is 0 Å². The molecule has 15 heavy (non-hydrogen) atoms. The third-order valence-electron chi connectivity index (χ3n) is 2.19. The van der Waals surface area contributed by atoms with Gasteiger partial charge in [0.25, 0.3) is 5.91 Å². The highest BCUT2D eigenvalue weighted by Gasteiger charge is 2.11. The summed E-state index contributed by atoms with van der Waals surface area (Å²) < 4.78 is 0. The zero-order valence-corrected chi connectivity index (χ0v) is 9.80. The molecule has 4 nitrogen and oxygen atoms in total. The van der Waals surface area contributed by atoms with Crippen LogP contribution in [0.4, 0.5) is 0 Å². The average molecular weight is 228 g/mol. The topological polar surface area (TPSA) is 62.2 Å². The van der Waals surface area contributed by atoms with Crippen LogP contribution in [-0.4, -0.2) is 28.6 Å². The summed E-state index contributed by atoms with van der Waals surface area (Å²) >= 11 is 1.34. The molecule has 0 aromatic carbocycles. The Morgan fingerprint density at radius 3 is 3.00 bits per heavy atom. The molecule has 1 atom stereocenters. The van der Waals surface area contributed by atoms with Crippen LogP contribution in [0.2, 0.25) is 0 Å². The van der Waals surface area contributed by atoms with Gasteiger partial charge in [-0.3, -0.25) is 4.79 Å². The molecule has 0 bridgehead atoms. The Balaban J connectivity index is 2.34. The number of hydrogen-bond acceptors (Lipinski definition) is 4. The fraction of sp³-hybridized carbons (Fsp3) is 0.600. The molecular formula is C10H16N2O2S. The quantitative estimate of drug-likeness (QED) is 0.799. The van der Waals surface area contributed by atoms with E-state index in [9.17, 15) is 9.90 Å². The summed E-state index contributed by atoms with van der Waals surface area (Å²) in [4.78, 5) is 16.2. The summed E-state index contributed by atoms with van der Waals surface area (Å²) in [7, 11) is 0. The normalized spacial score (nSPS) is 12.5. The predicted molar refractivity (Wildman–Crippen MR) is 60.1 cm³/mol. The predicted octanol–water partition coefficient (Wildman–Crippen LogP) is 1.34. The van der Waals surface area contributed by atoms with Gasteiger partial charge in [-0.25, -0.2) is 4.98 Å². The number of rotatable bonds is 5. The lowest BCUT2D eigenvalue weighted by Crippen LogP contribution is -2.26. The van der Waals surface area contributed by atoms with Crippen molar-refractivity contribution in [2.45, 2.75) is 32.8 Å². The van der Waals surface area contributed by atoms with Gasteiger partial charge in [0.05, 0.1) is 17.3 Å². The average Bonchev–Trinajstić information content (AvgIpc) is 2.64. The molecule has 0 aliphatic rings. The van der Waals surface area contributed by atoms with Crippen LogP contribution in [0.1, 0.15) is 35.1 Å². The summed E-state index contributed by atoms with van der Waals surface area (Å²) in [5.74, 6) is -0.0988. The number of aliphatic hydroxyl groups excluding tert-OH is 1. The van der Waals surface area contributed by atoms with Crippen molar-refractivity contribution in [3.8, 4) is 0 Å². The molecule has 0 saturated carbocycles. The Labute approximate surface area is 93.4 Å². The summed E-state index contributed by atoms with van der Waals surface area (Å²) in [6.45, 7) is 4.23. The van der Waals surface area contributed by atoms with Gasteiger partial charge in [-0.05, 0) is 19.8 Å². The third kappa shape index (κ3) is 3.60. The van der Waals surface area contributed by atoms with Crippen molar-refractivity contribution < 1.29 is 9.90 Å². The summed E-state index contributed by atoms with van der Waals surface area (Å²) in [5.41, 5.74) is 2.42. The first-order valence-corrected chi connectivity index (χ1v) is 5.89. The standard InChI is InChI=1S/C10H16N2O2S/c1-3-8(13)4-5-11-10(14)9-7(2)12-6-15-9/h6,8,13H,3-5H2,1-2H3,(H,11,14). The molecule has 1 aromatic heterocycles. The van der Waals surface area contributed by atoms with Gasteiger partial charge >= 0.3 is 0 Å². The molecule has 0 radical (unpaired) electrons. The number of aromatic nitrogens is 1. The maximum absolute atomic E-state index is 11.6. The molecule has 1 rings (SSSR count). The minimum absolute atomic E-state index is 0.0988. The SMILES string of the molecule is CCC(O)CCNC(=O)c1scnc1C. The number of hydrogen-bond donors (Lipinski definition) is 2. The van der Waals surface area contributed by atoms with Crippen LogP contribution in [-0.2, 0) is 0 Å². The second kappa shape index (κ2) is 5.82. The van der Waals surface area contributed by atoms with Crippen LogP contribution in [0.5, 0.6) is 0 Å². The van der Waals surface area contributed by atoms with Gasteiger partial charge in [0.2, 0.25) is 0 Å². The van der Waals surface area contributed by atoms with Crippen molar-refractivity contribution >= 4 is 17.2 Å². The zero-order valence-electron chi connectivity index (χ0n) is 8.99. The van der Waals surface area contributed by atoms with E-state index in [2.05, 4.69) is 10.3 Å². The first-order chi connectivity index (χ1) is 7.15. The molecule has 0 fully saturated rings. The lowest BCUT2D eigenvalue weighted by molar-refractivity contribution is 0.0945. The van der Waals surface area contributed by atoms with Crippen molar-refractivity contribution in [1.82, 2.24) is 10.3 Å². The number of carbonyl (C=O) groups excluding carboxylic acids is 1.